The molecule has 0 aromatic heterocycles. The number of amidine groups is 1. The molecule has 148 valence electrons. The van der Waals surface area contributed by atoms with Gasteiger partial charge in [-0.25, -0.2) is 4.39 Å². The highest BCUT2D eigenvalue weighted by Gasteiger charge is 2.04. The van der Waals surface area contributed by atoms with Crippen molar-refractivity contribution in [3.05, 3.63) is 100 Å². The van der Waals surface area contributed by atoms with E-state index in [2.05, 4.69) is 10.2 Å². The van der Waals surface area contributed by atoms with Gasteiger partial charge in [-0.1, -0.05) is 65.8 Å². The van der Waals surface area contributed by atoms with Crippen molar-refractivity contribution in [3.8, 4) is 5.75 Å². The number of rotatable bonds is 7. The summed E-state index contributed by atoms with van der Waals surface area (Å²) in [6.45, 7) is 0.293. The van der Waals surface area contributed by atoms with Crippen molar-refractivity contribution in [2.24, 2.45) is 15.9 Å². The Bertz CT molecular complexity index is 995. The number of benzene rings is 3. The summed E-state index contributed by atoms with van der Waals surface area (Å²) in [5.74, 6) is 1.02. The zero-order valence-electron chi connectivity index (χ0n) is 15.5. The van der Waals surface area contributed by atoms with Gasteiger partial charge in [0, 0.05) is 16.3 Å². The zero-order chi connectivity index (χ0) is 20.5. The van der Waals surface area contributed by atoms with Crippen LogP contribution in [0.5, 0.6) is 5.75 Å². The van der Waals surface area contributed by atoms with E-state index in [0.717, 1.165) is 16.9 Å². The van der Waals surface area contributed by atoms with Crippen LogP contribution < -0.4 is 10.5 Å². The van der Waals surface area contributed by atoms with Crippen LogP contribution in [-0.2, 0) is 12.4 Å². The fourth-order valence-corrected chi connectivity index (χ4v) is 3.19. The number of halogens is 2. The molecule has 0 radical (unpaired) electrons. The molecule has 0 heterocycles. The first-order chi connectivity index (χ1) is 14.1. The molecular formula is C22H19ClFN3OS. The van der Waals surface area contributed by atoms with Gasteiger partial charge in [0.1, 0.15) is 18.2 Å². The quantitative estimate of drug-likeness (QED) is 0.301. The van der Waals surface area contributed by atoms with Crippen LogP contribution in [0.3, 0.4) is 0 Å². The van der Waals surface area contributed by atoms with Gasteiger partial charge < -0.3 is 10.5 Å². The lowest BCUT2D eigenvalue weighted by molar-refractivity contribution is 0.305. The minimum atomic E-state index is -0.284. The molecule has 4 nitrogen and oxygen atoms in total. The third-order valence-electron chi connectivity index (χ3n) is 3.86. The molecule has 3 aromatic carbocycles. The summed E-state index contributed by atoms with van der Waals surface area (Å²) in [5.41, 5.74) is 8.59. The lowest BCUT2D eigenvalue weighted by atomic mass is 10.2. The summed E-state index contributed by atoms with van der Waals surface area (Å²) in [7, 11) is 0. The highest BCUT2D eigenvalue weighted by atomic mass is 35.5. The van der Waals surface area contributed by atoms with Crippen molar-refractivity contribution in [1.29, 1.82) is 0 Å². The summed E-state index contributed by atoms with van der Waals surface area (Å²) in [5, 5.41) is 8.98. The maximum atomic E-state index is 13.0. The highest BCUT2D eigenvalue weighted by Crippen LogP contribution is 2.23. The smallest absolute Gasteiger partial charge is 0.180 e. The minimum absolute atomic E-state index is 0.284. The van der Waals surface area contributed by atoms with Gasteiger partial charge >= 0.3 is 0 Å². The van der Waals surface area contributed by atoms with E-state index in [9.17, 15) is 4.39 Å². The summed E-state index contributed by atoms with van der Waals surface area (Å²) in [6.07, 6.45) is 1.54. The highest BCUT2D eigenvalue weighted by molar-refractivity contribution is 8.13. The Hall–Kier alpha value is -2.83. The summed E-state index contributed by atoms with van der Waals surface area (Å²) < 4.78 is 18.8. The van der Waals surface area contributed by atoms with Crippen molar-refractivity contribution in [3.63, 3.8) is 0 Å². The molecule has 0 saturated heterocycles. The van der Waals surface area contributed by atoms with E-state index in [-0.39, 0.29) is 5.82 Å². The lowest BCUT2D eigenvalue weighted by Crippen LogP contribution is -2.06. The van der Waals surface area contributed by atoms with Crippen LogP contribution >= 0.6 is 23.4 Å². The van der Waals surface area contributed by atoms with E-state index in [1.54, 1.807) is 36.5 Å². The van der Waals surface area contributed by atoms with Gasteiger partial charge in [0.15, 0.2) is 5.17 Å². The zero-order valence-corrected chi connectivity index (χ0v) is 17.0. The van der Waals surface area contributed by atoms with Gasteiger partial charge in [-0.2, -0.15) is 5.10 Å². The molecule has 29 heavy (non-hydrogen) atoms. The second-order valence-electron chi connectivity index (χ2n) is 6.05. The van der Waals surface area contributed by atoms with Gasteiger partial charge in [-0.15, -0.1) is 5.10 Å². The van der Waals surface area contributed by atoms with Gasteiger partial charge in [-0.3, -0.25) is 0 Å². The number of nitrogens with two attached hydrogens (primary N) is 1. The van der Waals surface area contributed by atoms with Crippen molar-refractivity contribution in [1.82, 2.24) is 0 Å². The number of nitrogens with zero attached hydrogens (tertiary/aromatic N) is 2. The topological polar surface area (TPSA) is 60.0 Å². The number of hydrogen-bond acceptors (Lipinski definition) is 4. The van der Waals surface area contributed by atoms with Crippen LogP contribution in [0.1, 0.15) is 16.7 Å². The molecule has 0 aliphatic heterocycles. The van der Waals surface area contributed by atoms with Gasteiger partial charge in [-0.05, 0) is 41.5 Å². The van der Waals surface area contributed by atoms with Crippen LogP contribution in [0.4, 0.5) is 4.39 Å². The van der Waals surface area contributed by atoms with Crippen LogP contribution in [0.15, 0.2) is 83.0 Å². The molecule has 3 rings (SSSR count). The second-order valence-corrected chi connectivity index (χ2v) is 7.49. The summed E-state index contributed by atoms with van der Waals surface area (Å²) in [4.78, 5) is 0. The van der Waals surface area contributed by atoms with Crippen molar-refractivity contribution in [2.75, 3.05) is 0 Å². The van der Waals surface area contributed by atoms with E-state index < -0.39 is 0 Å². The Morgan fingerprint density at radius 1 is 1.03 bits per heavy atom. The number of ether oxygens (including phenoxy) is 1. The average molecular weight is 428 g/mol. The van der Waals surface area contributed by atoms with E-state index in [4.69, 9.17) is 22.1 Å². The molecule has 2 N–H and O–H groups in total. The molecule has 0 aliphatic rings. The standard InChI is InChI=1S/C22H19ClFN3OS/c23-19-8-11-21(28-14-16-6-9-20(24)10-7-16)18(12-19)13-26-27-22(25)29-15-17-4-2-1-3-5-17/h1-13H,14-15H2,(H2,25,27). The van der Waals surface area contributed by atoms with E-state index >= 15 is 0 Å². The molecule has 3 aromatic rings. The normalized spacial score (nSPS) is 11.7. The Kier molecular flexibility index (Phi) is 7.67. The first kappa shape index (κ1) is 20.9. The Balaban J connectivity index is 1.62. The molecule has 0 spiro atoms. The lowest BCUT2D eigenvalue weighted by Gasteiger charge is -2.09. The largest absolute Gasteiger partial charge is 0.488 e. The first-order valence-corrected chi connectivity index (χ1v) is 10.2. The monoisotopic (exact) mass is 427 g/mol. The molecule has 7 heteroatoms. The Morgan fingerprint density at radius 2 is 1.79 bits per heavy atom. The van der Waals surface area contributed by atoms with Crippen molar-refractivity contribution < 1.29 is 9.13 Å². The second kappa shape index (κ2) is 10.6. The molecule has 0 bridgehead atoms. The van der Waals surface area contributed by atoms with Crippen LogP contribution in [-0.4, -0.2) is 11.4 Å². The third-order valence-corrected chi connectivity index (χ3v) is 4.95. The first-order valence-electron chi connectivity index (χ1n) is 8.80. The molecule has 0 saturated carbocycles. The van der Waals surface area contributed by atoms with Crippen LogP contribution in [0.25, 0.3) is 0 Å². The van der Waals surface area contributed by atoms with Gasteiger partial charge in [0.05, 0.1) is 6.21 Å². The molecular weight excluding hydrogens is 409 g/mol. The fourth-order valence-electron chi connectivity index (χ4n) is 2.40. The SMILES string of the molecule is NC(=NN=Cc1cc(Cl)ccc1OCc1ccc(F)cc1)SCc1ccccc1. The maximum Gasteiger partial charge on any atom is 0.180 e. The Morgan fingerprint density at radius 3 is 2.55 bits per heavy atom. The van der Waals surface area contributed by atoms with Gasteiger partial charge in [0.2, 0.25) is 0 Å². The predicted molar refractivity (Wildman–Crippen MR) is 119 cm³/mol. The van der Waals surface area contributed by atoms with Crippen molar-refractivity contribution >= 4 is 34.7 Å². The van der Waals surface area contributed by atoms with Crippen LogP contribution in [0.2, 0.25) is 5.02 Å². The summed E-state index contributed by atoms with van der Waals surface area (Å²) >= 11 is 7.49. The van der Waals surface area contributed by atoms with E-state index in [1.165, 1.54) is 23.9 Å². The van der Waals surface area contributed by atoms with Crippen molar-refractivity contribution in [2.45, 2.75) is 12.4 Å². The molecule has 0 unspecified atom stereocenters. The third kappa shape index (κ3) is 6.93. The number of hydrogen-bond donors (Lipinski definition) is 1. The number of thioether (sulfide) groups is 1. The Labute approximate surface area is 178 Å². The predicted octanol–water partition coefficient (Wildman–Crippen LogP) is 5.64. The van der Waals surface area contributed by atoms with Gasteiger partial charge in [0.25, 0.3) is 0 Å². The van der Waals surface area contributed by atoms with E-state index in [0.29, 0.717) is 28.1 Å². The minimum Gasteiger partial charge on any atom is -0.488 e. The van der Waals surface area contributed by atoms with Crippen LogP contribution in [0, 0.1) is 5.82 Å². The molecule has 0 amide bonds. The fraction of sp³-hybridized carbons (Fsp3) is 0.0909. The maximum absolute atomic E-state index is 13.0. The average Bonchev–Trinajstić information content (AvgIpc) is 2.73. The molecule has 0 aliphatic carbocycles. The summed E-state index contributed by atoms with van der Waals surface area (Å²) in [6, 6.07) is 21.3. The van der Waals surface area contributed by atoms with E-state index in [1.807, 2.05) is 30.3 Å². The molecule has 0 atom stereocenters. The molecule has 0 fully saturated rings.